The van der Waals surface area contributed by atoms with Crippen LogP contribution < -0.4 is 0 Å². The molecule has 0 N–H and O–H groups in total. The minimum absolute atomic E-state index is 0.552. The van der Waals surface area contributed by atoms with Gasteiger partial charge >= 0.3 is 0 Å². The Morgan fingerprint density at radius 1 is 0.545 bits per heavy atom. The van der Waals surface area contributed by atoms with Gasteiger partial charge in [-0.1, -0.05) is 44.9 Å². The van der Waals surface area contributed by atoms with Crippen LogP contribution in [0.3, 0.4) is 0 Å². The molecule has 2 heteroatoms. The van der Waals surface area contributed by atoms with Gasteiger partial charge in [0.15, 0.2) is 0 Å². The summed E-state index contributed by atoms with van der Waals surface area (Å²) >= 11 is 0. The predicted molar refractivity (Wildman–Crippen MR) is 93.3 cm³/mol. The lowest BCUT2D eigenvalue weighted by Crippen LogP contribution is -2.42. The predicted octanol–water partition coefficient (Wildman–Crippen LogP) is 5.30. The molecule has 22 heavy (non-hydrogen) atoms. The van der Waals surface area contributed by atoms with Gasteiger partial charge in [-0.2, -0.15) is 0 Å². The first-order valence-corrected chi connectivity index (χ1v) is 10.2. The minimum Gasteiger partial charge on any atom is -0.375 e. The second kappa shape index (κ2) is 8.68. The van der Waals surface area contributed by atoms with Crippen molar-refractivity contribution < 1.29 is 4.74 Å². The number of ether oxygens (including phenoxy) is 1. The van der Waals surface area contributed by atoms with Crippen LogP contribution in [-0.4, -0.2) is 36.2 Å². The summed E-state index contributed by atoms with van der Waals surface area (Å²) in [6.45, 7) is 0. The van der Waals surface area contributed by atoms with Crippen molar-refractivity contribution in [2.24, 2.45) is 0 Å². The van der Waals surface area contributed by atoms with Crippen LogP contribution in [0.25, 0.3) is 0 Å². The molecule has 2 saturated carbocycles. The normalized spacial score (nSPS) is 39.7. The van der Waals surface area contributed by atoms with Crippen molar-refractivity contribution in [2.45, 2.75) is 121 Å². The van der Waals surface area contributed by atoms with Gasteiger partial charge in [0.1, 0.15) is 0 Å². The van der Waals surface area contributed by atoms with Crippen LogP contribution >= 0.6 is 0 Å². The summed E-state index contributed by atoms with van der Waals surface area (Å²) in [5, 5.41) is 0. The zero-order valence-electron chi connectivity index (χ0n) is 14.8. The third-order valence-electron chi connectivity index (χ3n) is 6.56. The molecule has 3 fully saturated rings. The zero-order valence-corrected chi connectivity index (χ0v) is 14.8. The number of hydrogen-bond donors (Lipinski definition) is 0. The van der Waals surface area contributed by atoms with E-state index in [0.717, 1.165) is 12.1 Å². The maximum atomic E-state index is 6.64. The van der Waals surface area contributed by atoms with Gasteiger partial charge in [0.25, 0.3) is 0 Å². The van der Waals surface area contributed by atoms with E-state index in [1.54, 1.807) is 0 Å². The van der Waals surface area contributed by atoms with E-state index in [1.165, 1.54) is 96.3 Å². The molecule has 4 atom stereocenters. The van der Waals surface area contributed by atoms with Gasteiger partial charge in [-0.05, 0) is 58.4 Å². The molecule has 0 spiro atoms. The van der Waals surface area contributed by atoms with Crippen molar-refractivity contribution in [2.75, 3.05) is 7.05 Å². The number of rotatable bonds is 0. The fourth-order valence-electron chi connectivity index (χ4n) is 5.03. The topological polar surface area (TPSA) is 12.5 Å². The van der Waals surface area contributed by atoms with Crippen LogP contribution in [0.15, 0.2) is 0 Å². The van der Waals surface area contributed by atoms with Crippen LogP contribution in [0, 0.1) is 0 Å². The van der Waals surface area contributed by atoms with Gasteiger partial charge in [0.2, 0.25) is 0 Å². The third kappa shape index (κ3) is 4.71. The lowest BCUT2D eigenvalue weighted by molar-refractivity contribution is -0.0447. The first-order chi connectivity index (χ1) is 10.8. The molecule has 3 aliphatic rings. The van der Waals surface area contributed by atoms with Crippen molar-refractivity contribution in [3.63, 3.8) is 0 Å². The molecule has 0 amide bonds. The first kappa shape index (κ1) is 16.8. The maximum absolute atomic E-state index is 6.64. The smallest absolute Gasteiger partial charge is 0.0579 e. The Morgan fingerprint density at radius 3 is 1.55 bits per heavy atom. The van der Waals surface area contributed by atoms with E-state index in [2.05, 4.69) is 11.9 Å². The molecule has 0 aromatic carbocycles. The highest BCUT2D eigenvalue weighted by atomic mass is 16.5. The van der Waals surface area contributed by atoms with Crippen LogP contribution in [0.5, 0.6) is 0 Å². The van der Waals surface area contributed by atoms with Gasteiger partial charge < -0.3 is 9.64 Å². The molecule has 0 aromatic heterocycles. The van der Waals surface area contributed by atoms with Crippen molar-refractivity contribution in [1.82, 2.24) is 4.90 Å². The Hall–Kier alpha value is -0.0800. The Morgan fingerprint density at radius 2 is 1.00 bits per heavy atom. The third-order valence-corrected chi connectivity index (χ3v) is 6.56. The van der Waals surface area contributed by atoms with Crippen LogP contribution in [-0.2, 0) is 4.74 Å². The highest BCUT2D eigenvalue weighted by Crippen LogP contribution is 2.31. The SMILES string of the molecule is CN1C2CCCCCCC(CC2)OC2CCCCCC1CC2. The Kier molecular flexibility index (Phi) is 6.62. The molecule has 3 rings (SSSR count). The van der Waals surface area contributed by atoms with Gasteiger partial charge in [0, 0.05) is 12.1 Å². The molecule has 1 heterocycles. The summed E-state index contributed by atoms with van der Waals surface area (Å²) < 4.78 is 6.64. The second-order valence-electron chi connectivity index (χ2n) is 8.14. The van der Waals surface area contributed by atoms with Crippen LogP contribution in [0.2, 0.25) is 0 Å². The average molecular weight is 308 g/mol. The molecule has 4 bridgehead atoms. The zero-order chi connectivity index (χ0) is 15.2. The minimum atomic E-state index is 0.552. The van der Waals surface area contributed by atoms with E-state index in [1.807, 2.05) is 0 Å². The average Bonchev–Trinajstić information content (AvgIpc) is 2.65. The standard InChI is InChI=1S/C20H37NO/c1-21-17-9-5-2-3-7-11-19(15-13-17)22-20-12-8-4-6-10-18(21)14-16-20/h17-20H,2-16H2,1H3. The van der Waals surface area contributed by atoms with Gasteiger partial charge in [0.05, 0.1) is 12.2 Å². The lowest BCUT2D eigenvalue weighted by atomic mass is 9.91. The second-order valence-corrected chi connectivity index (χ2v) is 8.14. The summed E-state index contributed by atoms with van der Waals surface area (Å²) in [5.41, 5.74) is 0. The van der Waals surface area contributed by atoms with Gasteiger partial charge in [-0.25, -0.2) is 0 Å². The number of nitrogens with zero attached hydrogens (tertiary/aromatic N) is 1. The summed E-state index contributed by atoms with van der Waals surface area (Å²) in [4.78, 5) is 2.80. The monoisotopic (exact) mass is 307 g/mol. The molecule has 0 radical (unpaired) electrons. The largest absolute Gasteiger partial charge is 0.375 e. The van der Waals surface area contributed by atoms with E-state index in [9.17, 15) is 0 Å². The lowest BCUT2D eigenvalue weighted by Gasteiger charge is -2.39. The van der Waals surface area contributed by atoms with Crippen LogP contribution in [0.1, 0.15) is 96.3 Å². The molecule has 2 nitrogen and oxygen atoms in total. The highest BCUT2D eigenvalue weighted by Gasteiger charge is 2.28. The molecular weight excluding hydrogens is 270 g/mol. The molecule has 1 aliphatic heterocycles. The quantitative estimate of drug-likeness (QED) is 0.602. The van der Waals surface area contributed by atoms with Crippen molar-refractivity contribution in [3.8, 4) is 0 Å². The fraction of sp³-hybridized carbons (Fsp3) is 1.00. The molecule has 0 aromatic rings. The maximum Gasteiger partial charge on any atom is 0.0579 e. The van der Waals surface area contributed by atoms with E-state index in [-0.39, 0.29) is 0 Å². The summed E-state index contributed by atoms with van der Waals surface area (Å²) in [5.74, 6) is 0. The Balaban J connectivity index is 1.77. The highest BCUT2D eigenvalue weighted by molar-refractivity contribution is 4.83. The Bertz CT molecular complexity index is 319. The van der Waals surface area contributed by atoms with Crippen molar-refractivity contribution >= 4 is 0 Å². The van der Waals surface area contributed by atoms with Crippen LogP contribution in [0.4, 0.5) is 0 Å². The van der Waals surface area contributed by atoms with Gasteiger partial charge in [-0.3, -0.25) is 0 Å². The summed E-state index contributed by atoms with van der Waals surface area (Å²) in [6.07, 6.45) is 21.8. The first-order valence-electron chi connectivity index (χ1n) is 10.2. The summed E-state index contributed by atoms with van der Waals surface area (Å²) in [7, 11) is 2.44. The number of hydrogen-bond acceptors (Lipinski definition) is 2. The number of fused-ring (bicyclic) bond motifs is 6. The molecular formula is C20H37NO. The molecule has 4 unspecified atom stereocenters. The Labute approximate surface area is 138 Å². The fourth-order valence-corrected chi connectivity index (χ4v) is 5.03. The van der Waals surface area contributed by atoms with Gasteiger partial charge in [-0.15, -0.1) is 0 Å². The summed E-state index contributed by atoms with van der Waals surface area (Å²) in [6, 6.07) is 1.63. The molecule has 1 saturated heterocycles. The van der Waals surface area contributed by atoms with Crippen molar-refractivity contribution in [1.29, 1.82) is 0 Å². The molecule has 128 valence electrons. The van der Waals surface area contributed by atoms with Crippen molar-refractivity contribution in [3.05, 3.63) is 0 Å². The van der Waals surface area contributed by atoms with E-state index in [0.29, 0.717) is 12.2 Å². The van der Waals surface area contributed by atoms with E-state index in [4.69, 9.17) is 4.74 Å². The molecule has 2 aliphatic carbocycles. The van der Waals surface area contributed by atoms with E-state index >= 15 is 0 Å². The van der Waals surface area contributed by atoms with E-state index < -0.39 is 0 Å².